The molecular weight excluding hydrogens is 454 g/mol. The van der Waals surface area contributed by atoms with Gasteiger partial charge < -0.3 is 16.0 Å². The van der Waals surface area contributed by atoms with Crippen LogP contribution in [-0.4, -0.2) is 32.1 Å². The Labute approximate surface area is 215 Å². The predicted octanol–water partition coefficient (Wildman–Crippen LogP) is 5.81. The third-order valence-corrected chi connectivity index (χ3v) is 7.54. The molecule has 5 heteroatoms. The summed E-state index contributed by atoms with van der Waals surface area (Å²) in [6.45, 7) is 10.1. The van der Waals surface area contributed by atoms with Crippen LogP contribution in [0.25, 0.3) is 22.3 Å². The summed E-state index contributed by atoms with van der Waals surface area (Å²) in [6.07, 6.45) is 3.89. The van der Waals surface area contributed by atoms with E-state index in [1.165, 1.54) is 50.1 Å². The van der Waals surface area contributed by atoms with Crippen molar-refractivity contribution < 1.29 is 4.79 Å². The number of unbranched alkanes of at least 4 members (excludes halogenated alkanes) is 1. The average Bonchev–Trinajstić information content (AvgIpc) is 3.22. The molecule has 3 N–H and O–H groups in total. The van der Waals surface area contributed by atoms with Gasteiger partial charge in [0.05, 0.1) is 11.3 Å². The lowest BCUT2D eigenvalue weighted by Crippen LogP contribution is -2.44. The van der Waals surface area contributed by atoms with Crippen molar-refractivity contribution in [2.75, 3.05) is 31.1 Å². The van der Waals surface area contributed by atoms with E-state index in [-0.39, 0.29) is 18.3 Å². The van der Waals surface area contributed by atoms with E-state index in [0.29, 0.717) is 0 Å². The van der Waals surface area contributed by atoms with Crippen molar-refractivity contribution in [3.8, 4) is 22.3 Å². The van der Waals surface area contributed by atoms with E-state index < -0.39 is 0 Å². The number of benzene rings is 3. The first-order chi connectivity index (χ1) is 16.5. The summed E-state index contributed by atoms with van der Waals surface area (Å²) in [4.78, 5) is 15.7. The van der Waals surface area contributed by atoms with Gasteiger partial charge >= 0.3 is 0 Å². The van der Waals surface area contributed by atoms with Gasteiger partial charge in [0, 0.05) is 31.7 Å². The summed E-state index contributed by atoms with van der Waals surface area (Å²) in [6, 6.07) is 15.3. The van der Waals surface area contributed by atoms with Crippen LogP contribution < -0.4 is 16.0 Å². The van der Waals surface area contributed by atoms with E-state index in [0.717, 1.165) is 63.1 Å². The summed E-state index contributed by atoms with van der Waals surface area (Å²) in [5, 5.41) is 3.47. The second kappa shape index (κ2) is 10.4. The SMILES string of the molecule is CCCCc1c2c(c(-c3c(C)cccc3C)c(N3CCNCC3)c1C(N)=O)-c1ccccc1C2.Cl. The number of anilines is 1. The summed E-state index contributed by atoms with van der Waals surface area (Å²) >= 11 is 0. The Morgan fingerprint density at radius 2 is 1.66 bits per heavy atom. The van der Waals surface area contributed by atoms with E-state index in [1.54, 1.807) is 0 Å². The number of piperazine rings is 1. The van der Waals surface area contributed by atoms with Crippen LogP contribution in [0.5, 0.6) is 0 Å². The normalized spacial score (nSPS) is 14.3. The van der Waals surface area contributed by atoms with Crippen LogP contribution in [-0.2, 0) is 12.8 Å². The molecule has 1 aliphatic heterocycles. The highest BCUT2D eigenvalue weighted by molar-refractivity contribution is 6.10. The molecule has 1 saturated heterocycles. The predicted molar refractivity (Wildman–Crippen MR) is 149 cm³/mol. The maximum atomic E-state index is 13.3. The van der Waals surface area contributed by atoms with Crippen LogP contribution in [0.15, 0.2) is 42.5 Å². The molecule has 0 aromatic heterocycles. The Bertz CT molecular complexity index is 1240. The molecule has 0 atom stereocenters. The van der Waals surface area contributed by atoms with Crippen molar-refractivity contribution in [3.05, 3.63) is 75.8 Å². The molecule has 1 fully saturated rings. The van der Waals surface area contributed by atoms with Crippen LogP contribution in [0, 0.1) is 13.8 Å². The van der Waals surface area contributed by atoms with Gasteiger partial charge in [-0.25, -0.2) is 0 Å². The number of primary amides is 1. The molecule has 2 aliphatic rings. The van der Waals surface area contributed by atoms with E-state index in [2.05, 4.69) is 73.5 Å². The molecule has 0 unspecified atom stereocenters. The number of halogens is 1. The fourth-order valence-electron chi connectivity index (χ4n) is 5.99. The lowest BCUT2D eigenvalue weighted by molar-refractivity contribution is 0.0999. The molecule has 5 rings (SSSR count). The number of carbonyl (C=O) groups is 1. The summed E-state index contributed by atoms with van der Waals surface area (Å²) < 4.78 is 0. The van der Waals surface area contributed by atoms with E-state index in [1.807, 2.05) is 0 Å². The van der Waals surface area contributed by atoms with Crippen LogP contribution in [0.3, 0.4) is 0 Å². The minimum absolute atomic E-state index is 0. The highest BCUT2D eigenvalue weighted by Gasteiger charge is 2.34. The first-order valence-corrected chi connectivity index (χ1v) is 12.6. The van der Waals surface area contributed by atoms with Gasteiger partial charge in [-0.1, -0.05) is 55.8 Å². The maximum Gasteiger partial charge on any atom is 0.251 e. The van der Waals surface area contributed by atoms with Crippen molar-refractivity contribution in [2.24, 2.45) is 5.73 Å². The number of nitrogens with zero attached hydrogens (tertiary/aromatic N) is 1. The third-order valence-electron chi connectivity index (χ3n) is 7.54. The fraction of sp³-hybridized carbons (Fsp3) is 0.367. The second-order valence-electron chi connectivity index (χ2n) is 9.74. The van der Waals surface area contributed by atoms with Crippen molar-refractivity contribution in [2.45, 2.75) is 46.5 Å². The van der Waals surface area contributed by atoms with Gasteiger partial charge in [0.2, 0.25) is 0 Å². The number of amides is 1. The average molecular weight is 490 g/mol. The molecule has 0 saturated carbocycles. The zero-order valence-corrected chi connectivity index (χ0v) is 21.9. The summed E-state index contributed by atoms with van der Waals surface area (Å²) in [7, 11) is 0. The van der Waals surface area contributed by atoms with Gasteiger partial charge in [0.15, 0.2) is 0 Å². The molecule has 0 spiro atoms. The molecule has 35 heavy (non-hydrogen) atoms. The van der Waals surface area contributed by atoms with E-state index in [9.17, 15) is 4.79 Å². The minimum atomic E-state index is -0.300. The van der Waals surface area contributed by atoms with Gasteiger partial charge in [-0.2, -0.15) is 0 Å². The molecule has 1 heterocycles. The van der Waals surface area contributed by atoms with Gasteiger partial charge in [-0.15, -0.1) is 12.4 Å². The number of hydrogen-bond donors (Lipinski definition) is 2. The maximum absolute atomic E-state index is 13.3. The smallest absolute Gasteiger partial charge is 0.251 e. The van der Waals surface area contributed by atoms with Gasteiger partial charge in [-0.05, 0) is 77.6 Å². The first kappa shape index (κ1) is 25.3. The lowest BCUT2D eigenvalue weighted by Gasteiger charge is -2.35. The quantitative estimate of drug-likeness (QED) is 0.359. The molecule has 4 nitrogen and oxygen atoms in total. The zero-order chi connectivity index (χ0) is 23.8. The largest absolute Gasteiger partial charge is 0.368 e. The monoisotopic (exact) mass is 489 g/mol. The number of fused-ring (bicyclic) bond motifs is 3. The van der Waals surface area contributed by atoms with Gasteiger partial charge in [0.25, 0.3) is 5.91 Å². The second-order valence-corrected chi connectivity index (χ2v) is 9.74. The number of nitrogens with two attached hydrogens (primary N) is 1. The van der Waals surface area contributed by atoms with Gasteiger partial charge in [-0.3, -0.25) is 4.79 Å². The van der Waals surface area contributed by atoms with Crippen molar-refractivity contribution in [3.63, 3.8) is 0 Å². The zero-order valence-electron chi connectivity index (χ0n) is 21.0. The molecular formula is C30H36ClN3O. The van der Waals surface area contributed by atoms with Crippen LogP contribution in [0.1, 0.15) is 57.9 Å². The van der Waals surface area contributed by atoms with Crippen molar-refractivity contribution in [1.82, 2.24) is 5.32 Å². The third kappa shape index (κ3) is 4.34. The number of aryl methyl sites for hydroxylation is 2. The van der Waals surface area contributed by atoms with Gasteiger partial charge in [0.1, 0.15) is 0 Å². The Morgan fingerprint density at radius 1 is 0.971 bits per heavy atom. The molecule has 1 amide bonds. The highest BCUT2D eigenvalue weighted by Crippen LogP contribution is 2.52. The van der Waals surface area contributed by atoms with Crippen LogP contribution >= 0.6 is 12.4 Å². The Kier molecular flexibility index (Phi) is 7.53. The lowest BCUT2D eigenvalue weighted by atomic mass is 9.81. The Balaban J connectivity index is 0.00000289. The molecule has 3 aromatic carbocycles. The molecule has 1 aliphatic carbocycles. The summed E-state index contributed by atoms with van der Waals surface area (Å²) in [5.74, 6) is -0.300. The number of carbonyl (C=O) groups excluding carboxylic acids is 1. The standard InChI is InChI=1S/C30H35N3O.ClH/c1-4-5-12-23-24-18-21-11-6-7-13-22(21)26(24)28(25-19(2)9-8-10-20(25)3)29(27(23)30(31)34)33-16-14-32-15-17-33;/h6-11,13,32H,4-5,12,14-18H2,1-3H3,(H2,31,34);1H. The molecule has 3 aromatic rings. The molecule has 184 valence electrons. The number of rotatable bonds is 6. The first-order valence-electron chi connectivity index (χ1n) is 12.6. The van der Waals surface area contributed by atoms with Crippen molar-refractivity contribution in [1.29, 1.82) is 0 Å². The highest BCUT2D eigenvalue weighted by atomic mass is 35.5. The minimum Gasteiger partial charge on any atom is -0.368 e. The van der Waals surface area contributed by atoms with E-state index >= 15 is 0 Å². The van der Waals surface area contributed by atoms with Crippen LogP contribution in [0.2, 0.25) is 0 Å². The van der Waals surface area contributed by atoms with Crippen LogP contribution in [0.4, 0.5) is 5.69 Å². The van der Waals surface area contributed by atoms with E-state index in [4.69, 9.17) is 5.73 Å². The molecule has 0 bridgehead atoms. The molecule has 0 radical (unpaired) electrons. The Hall–Kier alpha value is -2.82. The fourth-order valence-corrected chi connectivity index (χ4v) is 5.99. The number of hydrogen-bond acceptors (Lipinski definition) is 3. The number of nitrogens with one attached hydrogen (secondary N) is 1. The topological polar surface area (TPSA) is 58.4 Å². The summed E-state index contributed by atoms with van der Waals surface area (Å²) in [5.41, 5.74) is 19.4. The Morgan fingerprint density at radius 3 is 2.31 bits per heavy atom. The van der Waals surface area contributed by atoms with Crippen molar-refractivity contribution >= 4 is 24.0 Å².